The molecule has 2 amide bonds. The molecule has 1 aromatic heterocycles. The number of aryl methyl sites for hydroxylation is 1. The molecule has 3 aromatic rings. The second-order valence-corrected chi connectivity index (χ2v) is 10.1. The first-order valence-corrected chi connectivity index (χ1v) is 12.6. The van der Waals surface area contributed by atoms with E-state index >= 15 is 0 Å². The molecule has 7 nitrogen and oxygen atoms in total. The Morgan fingerprint density at radius 1 is 1.12 bits per heavy atom. The number of carbonyl (C=O) groups is 2. The molecule has 1 aliphatic heterocycles. The number of amides is 2. The normalized spacial score (nSPS) is 13.1. The summed E-state index contributed by atoms with van der Waals surface area (Å²) < 4.78 is 4.94. The molecule has 4 rings (SSSR count). The van der Waals surface area contributed by atoms with Gasteiger partial charge in [-0.3, -0.25) is 9.59 Å². The van der Waals surface area contributed by atoms with E-state index in [1.165, 1.54) is 32.9 Å². The molecule has 0 bridgehead atoms. The van der Waals surface area contributed by atoms with Gasteiger partial charge in [-0.1, -0.05) is 41.2 Å². The van der Waals surface area contributed by atoms with E-state index < -0.39 is 0 Å². The second kappa shape index (κ2) is 10.8. The van der Waals surface area contributed by atoms with Crippen molar-refractivity contribution in [3.8, 4) is 0 Å². The van der Waals surface area contributed by atoms with Crippen molar-refractivity contribution in [3.63, 3.8) is 0 Å². The number of aromatic nitrogens is 1. The van der Waals surface area contributed by atoms with Gasteiger partial charge in [0.15, 0.2) is 5.82 Å². The highest BCUT2D eigenvalue weighted by molar-refractivity contribution is 8.01. The molecule has 33 heavy (non-hydrogen) atoms. The average molecular weight is 483 g/mol. The Hall–Kier alpha value is -2.91. The molecule has 1 aliphatic rings. The van der Waals surface area contributed by atoms with Gasteiger partial charge in [0.2, 0.25) is 11.8 Å². The Labute approximate surface area is 201 Å². The van der Waals surface area contributed by atoms with Crippen LogP contribution in [0.3, 0.4) is 0 Å². The van der Waals surface area contributed by atoms with E-state index in [4.69, 9.17) is 4.52 Å². The van der Waals surface area contributed by atoms with E-state index in [0.717, 1.165) is 13.0 Å². The van der Waals surface area contributed by atoms with Crippen LogP contribution in [-0.2, 0) is 9.59 Å². The lowest BCUT2D eigenvalue weighted by molar-refractivity contribution is -0.118. The summed E-state index contributed by atoms with van der Waals surface area (Å²) in [5, 5.41) is 9.02. The lowest BCUT2D eigenvalue weighted by Crippen LogP contribution is -2.31. The van der Waals surface area contributed by atoms with Crippen molar-refractivity contribution in [1.29, 1.82) is 0 Å². The van der Waals surface area contributed by atoms with Gasteiger partial charge < -0.3 is 20.1 Å². The fraction of sp³-hybridized carbons (Fsp3) is 0.292. The van der Waals surface area contributed by atoms with Crippen molar-refractivity contribution >= 4 is 52.5 Å². The maximum Gasteiger partial charge on any atom is 0.238 e. The Balaban J connectivity index is 1.22. The highest BCUT2D eigenvalue weighted by Crippen LogP contribution is 2.47. The first kappa shape index (κ1) is 23.3. The Kier molecular flexibility index (Phi) is 7.61. The van der Waals surface area contributed by atoms with Gasteiger partial charge in [0, 0.05) is 28.9 Å². The Morgan fingerprint density at radius 3 is 2.42 bits per heavy atom. The topological polar surface area (TPSA) is 87.5 Å². The number of thioether (sulfide) groups is 1. The summed E-state index contributed by atoms with van der Waals surface area (Å²) in [5.41, 5.74) is 2.40. The summed E-state index contributed by atoms with van der Waals surface area (Å²) in [6.45, 7) is 4.90. The van der Waals surface area contributed by atoms with Gasteiger partial charge in [-0.25, -0.2) is 0 Å². The largest absolute Gasteiger partial charge is 0.360 e. The average Bonchev–Trinajstić information content (AvgIpc) is 3.23. The van der Waals surface area contributed by atoms with Crippen LogP contribution in [0.1, 0.15) is 19.1 Å². The predicted octanol–water partition coefficient (Wildman–Crippen LogP) is 4.85. The molecule has 1 atom stereocenters. The maximum absolute atomic E-state index is 12.3. The smallest absolute Gasteiger partial charge is 0.238 e. The van der Waals surface area contributed by atoms with Crippen molar-refractivity contribution in [2.45, 2.75) is 35.3 Å². The molecule has 0 saturated carbocycles. The third kappa shape index (κ3) is 5.91. The maximum atomic E-state index is 12.3. The first-order valence-electron chi connectivity index (χ1n) is 10.8. The van der Waals surface area contributed by atoms with Crippen molar-refractivity contribution in [1.82, 2.24) is 10.5 Å². The SMILES string of the molecule is Cc1cc(NC(=O)C(C)SCC(=O)NCCCN2c3ccccc3Sc3ccccc32)no1. The van der Waals surface area contributed by atoms with Gasteiger partial charge in [0.05, 0.1) is 22.4 Å². The molecule has 172 valence electrons. The van der Waals surface area contributed by atoms with Crippen LogP contribution in [-0.4, -0.2) is 41.1 Å². The minimum Gasteiger partial charge on any atom is -0.360 e. The molecule has 1 unspecified atom stereocenters. The molecular weight excluding hydrogens is 456 g/mol. The minimum absolute atomic E-state index is 0.0769. The molecule has 0 spiro atoms. The van der Waals surface area contributed by atoms with Gasteiger partial charge in [-0.05, 0) is 44.5 Å². The standard InChI is InChI=1S/C24H26N4O3S2/c1-16-14-22(27-31-16)26-24(30)17(2)32-15-23(29)25-12-7-13-28-18-8-3-5-10-20(18)33-21-11-6-4-9-19(21)28/h3-6,8-11,14,17H,7,12-13,15H2,1-2H3,(H,25,29)(H,26,27,30). The van der Waals surface area contributed by atoms with Crippen LogP contribution in [0.4, 0.5) is 17.2 Å². The van der Waals surface area contributed by atoms with Gasteiger partial charge >= 0.3 is 0 Å². The number of nitrogens with zero attached hydrogens (tertiary/aromatic N) is 2. The van der Waals surface area contributed by atoms with Gasteiger partial charge in [0.1, 0.15) is 5.76 Å². The van der Waals surface area contributed by atoms with Crippen LogP contribution >= 0.6 is 23.5 Å². The zero-order valence-corrected chi connectivity index (χ0v) is 20.2. The lowest BCUT2D eigenvalue weighted by Gasteiger charge is -2.32. The van der Waals surface area contributed by atoms with E-state index in [2.05, 4.69) is 69.2 Å². The zero-order valence-electron chi connectivity index (χ0n) is 18.5. The third-order valence-corrected chi connectivity index (χ3v) is 7.40. The van der Waals surface area contributed by atoms with E-state index in [0.29, 0.717) is 18.1 Å². The fourth-order valence-corrected chi connectivity index (χ4v) is 5.28. The predicted molar refractivity (Wildman–Crippen MR) is 133 cm³/mol. The van der Waals surface area contributed by atoms with Gasteiger partial charge in [-0.2, -0.15) is 0 Å². The van der Waals surface area contributed by atoms with Crippen LogP contribution < -0.4 is 15.5 Å². The number of fused-ring (bicyclic) bond motifs is 2. The lowest BCUT2D eigenvalue weighted by atomic mass is 10.2. The Morgan fingerprint density at radius 2 is 1.79 bits per heavy atom. The molecule has 2 aromatic carbocycles. The molecule has 9 heteroatoms. The highest BCUT2D eigenvalue weighted by atomic mass is 32.2. The number of benzene rings is 2. The van der Waals surface area contributed by atoms with E-state index in [9.17, 15) is 9.59 Å². The number of hydrogen-bond donors (Lipinski definition) is 2. The van der Waals surface area contributed by atoms with Crippen LogP contribution in [0.2, 0.25) is 0 Å². The van der Waals surface area contributed by atoms with E-state index in [-0.39, 0.29) is 22.8 Å². The van der Waals surface area contributed by atoms with Crippen molar-refractivity contribution in [3.05, 3.63) is 60.4 Å². The number of nitrogens with one attached hydrogen (secondary N) is 2. The fourth-order valence-electron chi connectivity index (χ4n) is 3.47. The summed E-state index contributed by atoms with van der Waals surface area (Å²) in [6.07, 6.45) is 0.811. The van der Waals surface area contributed by atoms with Crippen LogP contribution in [0.15, 0.2) is 68.9 Å². The number of hydrogen-bond acceptors (Lipinski definition) is 7. The summed E-state index contributed by atoms with van der Waals surface area (Å²) in [7, 11) is 0. The van der Waals surface area contributed by atoms with E-state index in [1.54, 1.807) is 31.7 Å². The number of anilines is 3. The van der Waals surface area contributed by atoms with Gasteiger partial charge in [0.25, 0.3) is 0 Å². The monoisotopic (exact) mass is 482 g/mol. The van der Waals surface area contributed by atoms with Crippen LogP contribution in [0.5, 0.6) is 0 Å². The summed E-state index contributed by atoms with van der Waals surface area (Å²) in [5.74, 6) is 0.945. The number of rotatable bonds is 9. The quantitative estimate of drug-likeness (QED) is 0.422. The summed E-state index contributed by atoms with van der Waals surface area (Å²) in [4.78, 5) is 29.3. The van der Waals surface area contributed by atoms with Crippen LogP contribution in [0.25, 0.3) is 0 Å². The molecule has 0 saturated heterocycles. The summed E-state index contributed by atoms with van der Waals surface area (Å²) in [6, 6.07) is 18.4. The Bertz CT molecular complexity index is 1090. The zero-order chi connectivity index (χ0) is 23.2. The second-order valence-electron chi connectivity index (χ2n) is 7.66. The molecule has 0 aliphatic carbocycles. The van der Waals surface area contributed by atoms with E-state index in [1.807, 2.05) is 0 Å². The molecule has 2 N–H and O–H groups in total. The molecule has 0 fully saturated rings. The number of carbonyl (C=O) groups excluding carboxylic acids is 2. The molecular formula is C24H26N4O3S2. The summed E-state index contributed by atoms with van der Waals surface area (Å²) >= 11 is 3.08. The molecule has 0 radical (unpaired) electrons. The molecule has 2 heterocycles. The third-order valence-electron chi connectivity index (χ3n) is 5.13. The minimum atomic E-state index is -0.383. The van der Waals surface area contributed by atoms with Crippen molar-refractivity contribution in [2.75, 3.05) is 29.1 Å². The van der Waals surface area contributed by atoms with Crippen molar-refractivity contribution < 1.29 is 14.1 Å². The van der Waals surface area contributed by atoms with Gasteiger partial charge in [-0.15, -0.1) is 11.8 Å². The first-order chi connectivity index (χ1) is 16.0. The van der Waals surface area contributed by atoms with Crippen molar-refractivity contribution in [2.24, 2.45) is 0 Å². The van der Waals surface area contributed by atoms with Crippen LogP contribution in [0, 0.1) is 6.92 Å². The highest BCUT2D eigenvalue weighted by Gasteiger charge is 2.22. The number of para-hydroxylation sites is 2.